The van der Waals surface area contributed by atoms with Crippen LogP contribution in [0, 0.1) is 0 Å². The van der Waals surface area contributed by atoms with E-state index in [-0.39, 0.29) is 5.91 Å². The fourth-order valence-electron chi connectivity index (χ4n) is 3.68. The highest BCUT2D eigenvalue weighted by Crippen LogP contribution is 2.27. The molecule has 0 bridgehead atoms. The van der Waals surface area contributed by atoms with Crippen LogP contribution < -0.4 is 0 Å². The van der Waals surface area contributed by atoms with Gasteiger partial charge in [0.2, 0.25) is 0 Å². The normalized spacial score (nSPS) is 17.1. The molecule has 1 fully saturated rings. The van der Waals surface area contributed by atoms with Crippen LogP contribution in [0.1, 0.15) is 52.0 Å². The maximum absolute atomic E-state index is 13.0. The Bertz CT molecular complexity index is 790. The van der Waals surface area contributed by atoms with E-state index in [1.807, 2.05) is 5.01 Å². The molecular formula is C22H31N3O. The Labute approximate surface area is 157 Å². The van der Waals surface area contributed by atoms with Crippen LogP contribution in [0.4, 0.5) is 0 Å². The maximum atomic E-state index is 13.0. The summed E-state index contributed by atoms with van der Waals surface area (Å²) in [4.78, 5) is 13.0. The fraction of sp³-hybridized carbons (Fsp3) is 0.500. The van der Waals surface area contributed by atoms with E-state index in [2.05, 4.69) is 66.9 Å². The molecule has 2 heterocycles. The largest absolute Gasteiger partial charge is 0.347 e. The molecule has 4 nitrogen and oxygen atoms in total. The number of fused-ring (bicyclic) bond motifs is 1. The van der Waals surface area contributed by atoms with Crippen molar-refractivity contribution in [1.29, 1.82) is 0 Å². The van der Waals surface area contributed by atoms with E-state index in [4.69, 9.17) is 0 Å². The zero-order chi connectivity index (χ0) is 18.5. The van der Waals surface area contributed by atoms with Gasteiger partial charge in [0.05, 0.1) is 0 Å². The Hall–Kier alpha value is -2.07. The average molecular weight is 354 g/mol. The highest BCUT2D eigenvalue weighted by atomic mass is 16.2. The molecule has 0 radical (unpaired) electrons. The summed E-state index contributed by atoms with van der Waals surface area (Å²) in [7, 11) is 0. The molecule has 0 spiro atoms. The van der Waals surface area contributed by atoms with Gasteiger partial charge in [0.25, 0.3) is 5.91 Å². The summed E-state index contributed by atoms with van der Waals surface area (Å²) in [5, 5.41) is 5.44. The van der Waals surface area contributed by atoms with Crippen molar-refractivity contribution < 1.29 is 4.79 Å². The molecule has 1 aromatic heterocycles. The first-order valence-corrected chi connectivity index (χ1v) is 10.0. The standard InChI is InChI=1S/C22H31N3O/c1-4-7-13-24-17-19(22(26)25(24)14-8-5-2)15-18-16-23(6-3)21-12-10-9-11-20(18)21/h9-12,15-16H,4-8,13-14,17H2,1-3H3/b19-15-. The summed E-state index contributed by atoms with van der Waals surface area (Å²) in [5.41, 5.74) is 3.30. The Balaban J connectivity index is 1.92. The molecule has 0 atom stereocenters. The van der Waals surface area contributed by atoms with Crippen LogP contribution in [0.5, 0.6) is 0 Å². The van der Waals surface area contributed by atoms with Crippen LogP contribution in [0.2, 0.25) is 0 Å². The first-order chi connectivity index (χ1) is 12.7. The first-order valence-electron chi connectivity index (χ1n) is 10.0. The molecule has 1 aromatic carbocycles. The van der Waals surface area contributed by atoms with Crippen molar-refractivity contribution in [2.75, 3.05) is 19.6 Å². The van der Waals surface area contributed by atoms with Gasteiger partial charge in [0.15, 0.2) is 0 Å². The van der Waals surface area contributed by atoms with Crippen LogP contribution in [0.15, 0.2) is 36.0 Å². The van der Waals surface area contributed by atoms with Gasteiger partial charge >= 0.3 is 0 Å². The number of nitrogens with zero attached hydrogens (tertiary/aromatic N) is 3. The molecule has 2 aromatic rings. The Morgan fingerprint density at radius 1 is 1.04 bits per heavy atom. The lowest BCUT2D eigenvalue weighted by Crippen LogP contribution is -2.40. The minimum atomic E-state index is 0.183. The second-order valence-corrected chi connectivity index (χ2v) is 7.08. The summed E-state index contributed by atoms with van der Waals surface area (Å²) in [5.74, 6) is 0.183. The number of para-hydroxylation sites is 1. The number of carbonyl (C=O) groups is 1. The molecule has 1 aliphatic heterocycles. The molecule has 1 saturated heterocycles. The van der Waals surface area contributed by atoms with Gasteiger partial charge < -0.3 is 4.57 Å². The summed E-state index contributed by atoms with van der Waals surface area (Å²) < 4.78 is 2.25. The molecule has 140 valence electrons. The van der Waals surface area contributed by atoms with Crippen molar-refractivity contribution in [1.82, 2.24) is 14.6 Å². The summed E-state index contributed by atoms with van der Waals surface area (Å²) in [6.45, 7) is 9.98. The Morgan fingerprint density at radius 2 is 1.77 bits per heavy atom. The minimum absolute atomic E-state index is 0.183. The minimum Gasteiger partial charge on any atom is -0.347 e. The second kappa shape index (κ2) is 8.54. The predicted molar refractivity (Wildman–Crippen MR) is 109 cm³/mol. The lowest BCUT2D eigenvalue weighted by molar-refractivity contribution is -0.136. The van der Waals surface area contributed by atoms with E-state index in [0.29, 0.717) is 0 Å². The van der Waals surface area contributed by atoms with Crippen LogP contribution in [-0.2, 0) is 11.3 Å². The molecule has 0 N–H and O–H groups in total. The van der Waals surface area contributed by atoms with Crippen molar-refractivity contribution in [3.05, 3.63) is 41.6 Å². The zero-order valence-corrected chi connectivity index (χ0v) is 16.4. The van der Waals surface area contributed by atoms with Crippen LogP contribution in [-0.4, -0.2) is 40.1 Å². The lowest BCUT2D eigenvalue weighted by atomic mass is 10.1. The predicted octanol–water partition coefficient (Wildman–Crippen LogP) is 4.70. The molecular weight excluding hydrogens is 322 g/mol. The van der Waals surface area contributed by atoms with Crippen LogP contribution in [0.25, 0.3) is 17.0 Å². The monoisotopic (exact) mass is 353 g/mol. The van der Waals surface area contributed by atoms with Gasteiger partial charge in [-0.1, -0.05) is 44.9 Å². The average Bonchev–Trinajstić information content (AvgIpc) is 3.16. The number of hydrogen-bond acceptors (Lipinski definition) is 2. The molecule has 4 heteroatoms. The highest BCUT2D eigenvalue weighted by molar-refractivity contribution is 6.02. The zero-order valence-electron chi connectivity index (χ0n) is 16.4. The first kappa shape index (κ1) is 18.7. The van der Waals surface area contributed by atoms with E-state index < -0.39 is 0 Å². The van der Waals surface area contributed by atoms with Gasteiger partial charge in [0.1, 0.15) is 0 Å². The van der Waals surface area contributed by atoms with Gasteiger partial charge in [-0.15, -0.1) is 0 Å². The van der Waals surface area contributed by atoms with E-state index >= 15 is 0 Å². The molecule has 3 rings (SSSR count). The van der Waals surface area contributed by atoms with Gasteiger partial charge in [0, 0.05) is 54.4 Å². The van der Waals surface area contributed by atoms with E-state index in [1.165, 1.54) is 10.9 Å². The number of aryl methyl sites for hydroxylation is 1. The number of carbonyl (C=O) groups excluding carboxylic acids is 1. The summed E-state index contributed by atoms with van der Waals surface area (Å²) in [6.07, 6.45) is 8.72. The smallest absolute Gasteiger partial charge is 0.265 e. The van der Waals surface area contributed by atoms with E-state index in [1.54, 1.807) is 0 Å². The lowest BCUT2D eigenvalue weighted by Gasteiger charge is -2.27. The van der Waals surface area contributed by atoms with Gasteiger partial charge in [-0.3, -0.25) is 9.80 Å². The second-order valence-electron chi connectivity index (χ2n) is 7.08. The molecule has 1 amide bonds. The third kappa shape index (κ3) is 3.70. The van der Waals surface area contributed by atoms with Crippen molar-refractivity contribution in [2.24, 2.45) is 0 Å². The third-order valence-corrected chi connectivity index (χ3v) is 5.19. The molecule has 1 aliphatic rings. The van der Waals surface area contributed by atoms with E-state index in [9.17, 15) is 4.79 Å². The fourth-order valence-corrected chi connectivity index (χ4v) is 3.68. The van der Waals surface area contributed by atoms with Crippen molar-refractivity contribution in [2.45, 2.75) is 53.0 Å². The van der Waals surface area contributed by atoms with Crippen molar-refractivity contribution in [3.63, 3.8) is 0 Å². The van der Waals surface area contributed by atoms with Gasteiger partial charge in [-0.25, -0.2) is 5.01 Å². The molecule has 0 unspecified atom stereocenters. The molecule has 0 saturated carbocycles. The van der Waals surface area contributed by atoms with Crippen LogP contribution in [0.3, 0.4) is 0 Å². The summed E-state index contributed by atoms with van der Waals surface area (Å²) >= 11 is 0. The Kier molecular flexibility index (Phi) is 6.15. The summed E-state index contributed by atoms with van der Waals surface area (Å²) in [6, 6.07) is 8.45. The number of aromatic nitrogens is 1. The number of benzene rings is 1. The topological polar surface area (TPSA) is 28.5 Å². The number of hydrazine groups is 1. The maximum Gasteiger partial charge on any atom is 0.265 e. The highest BCUT2D eigenvalue weighted by Gasteiger charge is 2.32. The SMILES string of the molecule is CCCCN1C/C(=C/c2cn(CC)c3ccccc23)C(=O)N1CCCC. The Morgan fingerprint density at radius 3 is 2.50 bits per heavy atom. The number of amides is 1. The van der Waals surface area contributed by atoms with Crippen molar-refractivity contribution in [3.8, 4) is 0 Å². The van der Waals surface area contributed by atoms with Crippen LogP contribution >= 0.6 is 0 Å². The quantitative estimate of drug-likeness (QED) is 0.643. The van der Waals surface area contributed by atoms with E-state index in [0.717, 1.165) is 63.0 Å². The molecule has 0 aliphatic carbocycles. The number of hydrogen-bond donors (Lipinski definition) is 0. The van der Waals surface area contributed by atoms with Gasteiger partial charge in [-0.2, -0.15) is 0 Å². The number of unbranched alkanes of at least 4 members (excludes halogenated alkanes) is 2. The number of rotatable bonds is 8. The third-order valence-electron chi connectivity index (χ3n) is 5.19. The van der Waals surface area contributed by atoms with Gasteiger partial charge in [-0.05, 0) is 31.9 Å². The van der Waals surface area contributed by atoms with Crippen molar-refractivity contribution >= 4 is 22.9 Å². The molecule has 26 heavy (non-hydrogen) atoms.